The molecule has 0 bridgehead atoms. The number of carboxylic acids is 1. The molecule has 0 saturated heterocycles. The minimum absolute atomic E-state index is 0.0443. The van der Waals surface area contributed by atoms with E-state index >= 15 is 0 Å². The first-order chi connectivity index (χ1) is 11.3. The van der Waals surface area contributed by atoms with Crippen molar-refractivity contribution in [2.45, 2.75) is 25.1 Å². The molecule has 1 fully saturated rings. The van der Waals surface area contributed by atoms with Crippen LogP contribution in [0, 0.1) is 0 Å². The van der Waals surface area contributed by atoms with E-state index in [0.717, 1.165) is 31.0 Å². The quantitative estimate of drug-likeness (QED) is 0.812. The van der Waals surface area contributed by atoms with Gasteiger partial charge in [-0.25, -0.2) is 4.79 Å². The fourth-order valence-electron chi connectivity index (χ4n) is 2.28. The van der Waals surface area contributed by atoms with Crippen LogP contribution in [-0.2, 0) is 6.18 Å². The summed E-state index contributed by atoms with van der Waals surface area (Å²) < 4.78 is 44.3. The first-order valence-corrected chi connectivity index (χ1v) is 7.54. The van der Waals surface area contributed by atoms with E-state index in [1.807, 2.05) is 0 Å². The van der Waals surface area contributed by atoms with E-state index in [1.54, 1.807) is 6.07 Å². The van der Waals surface area contributed by atoms with Gasteiger partial charge in [-0.15, -0.1) is 0 Å². The molecule has 2 aromatic rings. The lowest BCUT2D eigenvalue weighted by atomic mass is 9.97. The Balaban J connectivity index is 2.06. The van der Waals surface area contributed by atoms with Gasteiger partial charge in [0.05, 0.1) is 22.3 Å². The predicted octanol–water partition coefficient (Wildman–Crippen LogP) is 5.27. The number of aromatic carboxylic acids is 1. The fraction of sp³-hybridized carbons (Fsp3) is 0.235. The number of hydrogen-bond acceptors (Lipinski definition) is 2. The number of carbonyl (C=O) groups is 1. The molecule has 126 valence electrons. The molecule has 0 spiro atoms. The molecule has 24 heavy (non-hydrogen) atoms. The third kappa shape index (κ3) is 3.48. The zero-order valence-electron chi connectivity index (χ0n) is 12.2. The van der Waals surface area contributed by atoms with Gasteiger partial charge in [0.15, 0.2) is 0 Å². The van der Waals surface area contributed by atoms with Gasteiger partial charge in [-0.05, 0) is 54.3 Å². The van der Waals surface area contributed by atoms with Crippen molar-refractivity contribution in [3.63, 3.8) is 0 Å². The van der Waals surface area contributed by atoms with E-state index in [0.29, 0.717) is 5.75 Å². The van der Waals surface area contributed by atoms with Crippen LogP contribution in [0.2, 0.25) is 5.02 Å². The van der Waals surface area contributed by atoms with Gasteiger partial charge in [0, 0.05) is 0 Å². The number of hydrogen-bond donors (Lipinski definition) is 1. The minimum atomic E-state index is -4.56. The molecule has 0 heterocycles. The molecule has 0 radical (unpaired) electrons. The van der Waals surface area contributed by atoms with Gasteiger partial charge in [-0.1, -0.05) is 17.7 Å². The van der Waals surface area contributed by atoms with Gasteiger partial charge >= 0.3 is 12.1 Å². The van der Waals surface area contributed by atoms with Crippen LogP contribution in [-0.4, -0.2) is 17.2 Å². The van der Waals surface area contributed by atoms with Crippen molar-refractivity contribution in [1.82, 2.24) is 0 Å². The Kier molecular flexibility index (Phi) is 4.17. The van der Waals surface area contributed by atoms with Gasteiger partial charge in [0.25, 0.3) is 0 Å². The third-order valence-electron chi connectivity index (χ3n) is 3.64. The summed E-state index contributed by atoms with van der Waals surface area (Å²) in [5.41, 5.74) is -0.907. The second-order valence-electron chi connectivity index (χ2n) is 5.53. The largest absolute Gasteiger partial charge is 0.489 e. The number of rotatable bonds is 4. The topological polar surface area (TPSA) is 46.5 Å². The van der Waals surface area contributed by atoms with Crippen molar-refractivity contribution in [2.24, 2.45) is 0 Å². The second kappa shape index (κ2) is 6.02. The highest BCUT2D eigenvalue weighted by atomic mass is 35.5. The van der Waals surface area contributed by atoms with Crippen molar-refractivity contribution < 1.29 is 27.8 Å². The van der Waals surface area contributed by atoms with Crippen LogP contribution in [0.5, 0.6) is 5.75 Å². The van der Waals surface area contributed by atoms with Crippen LogP contribution >= 0.6 is 11.6 Å². The summed E-state index contributed by atoms with van der Waals surface area (Å²) in [6, 6.07) is 6.98. The summed E-state index contributed by atoms with van der Waals surface area (Å²) in [6.45, 7) is 0. The fourth-order valence-corrected chi connectivity index (χ4v) is 2.50. The Morgan fingerprint density at radius 2 is 1.88 bits per heavy atom. The lowest BCUT2D eigenvalue weighted by Gasteiger charge is -2.13. The predicted molar refractivity (Wildman–Crippen MR) is 82.5 cm³/mol. The van der Waals surface area contributed by atoms with Crippen molar-refractivity contribution in [1.29, 1.82) is 0 Å². The van der Waals surface area contributed by atoms with Crippen LogP contribution in [0.3, 0.4) is 0 Å². The summed E-state index contributed by atoms with van der Waals surface area (Å²) in [4.78, 5) is 11.3. The summed E-state index contributed by atoms with van der Waals surface area (Å²) >= 11 is 6.12. The molecule has 1 saturated carbocycles. The van der Waals surface area contributed by atoms with Crippen LogP contribution in [0.15, 0.2) is 36.4 Å². The number of halogens is 4. The maximum Gasteiger partial charge on any atom is 0.416 e. The molecule has 0 unspecified atom stereocenters. The van der Waals surface area contributed by atoms with Crippen LogP contribution < -0.4 is 4.74 Å². The molecule has 7 heteroatoms. The number of alkyl halides is 3. The van der Waals surface area contributed by atoms with E-state index < -0.39 is 17.7 Å². The molecule has 0 aromatic heterocycles. The summed E-state index contributed by atoms with van der Waals surface area (Å²) in [7, 11) is 0. The lowest BCUT2D eigenvalue weighted by molar-refractivity contribution is -0.137. The van der Waals surface area contributed by atoms with E-state index in [1.165, 1.54) is 12.1 Å². The molecule has 3 nitrogen and oxygen atoms in total. The zero-order chi connectivity index (χ0) is 17.5. The Morgan fingerprint density at radius 1 is 1.17 bits per heavy atom. The molecule has 2 aromatic carbocycles. The van der Waals surface area contributed by atoms with Crippen molar-refractivity contribution in [3.8, 4) is 16.9 Å². The Morgan fingerprint density at radius 3 is 2.42 bits per heavy atom. The van der Waals surface area contributed by atoms with Gasteiger partial charge in [-0.2, -0.15) is 13.2 Å². The van der Waals surface area contributed by atoms with E-state index in [-0.39, 0.29) is 27.8 Å². The smallest absolute Gasteiger partial charge is 0.416 e. The summed E-state index contributed by atoms with van der Waals surface area (Å²) in [5, 5.41) is 9.46. The first-order valence-electron chi connectivity index (χ1n) is 7.17. The van der Waals surface area contributed by atoms with E-state index in [9.17, 15) is 23.1 Å². The van der Waals surface area contributed by atoms with Gasteiger partial charge in [0.1, 0.15) is 5.75 Å². The van der Waals surface area contributed by atoms with Crippen molar-refractivity contribution in [3.05, 3.63) is 52.5 Å². The summed E-state index contributed by atoms with van der Waals surface area (Å²) in [6.07, 6.45) is -2.56. The number of benzene rings is 2. The number of ether oxygens (including phenoxy) is 1. The lowest BCUT2D eigenvalue weighted by Crippen LogP contribution is -2.08. The Hall–Kier alpha value is -2.21. The highest BCUT2D eigenvalue weighted by molar-refractivity contribution is 6.32. The summed E-state index contributed by atoms with van der Waals surface area (Å²) in [5.74, 6) is -0.875. The van der Waals surface area contributed by atoms with Crippen molar-refractivity contribution >= 4 is 17.6 Å². The molecule has 3 rings (SSSR count). The Bertz CT molecular complexity index is 798. The van der Waals surface area contributed by atoms with E-state index in [2.05, 4.69) is 0 Å². The average Bonchev–Trinajstić information content (AvgIpc) is 3.32. The van der Waals surface area contributed by atoms with Crippen molar-refractivity contribution in [2.75, 3.05) is 0 Å². The maximum absolute atomic E-state index is 12.9. The normalized spacial score (nSPS) is 14.5. The maximum atomic E-state index is 12.9. The van der Waals surface area contributed by atoms with Gasteiger partial charge in [-0.3, -0.25) is 0 Å². The molecular formula is C17H12ClF3O3. The highest BCUT2D eigenvalue weighted by Gasteiger charge is 2.32. The minimum Gasteiger partial charge on any atom is -0.489 e. The second-order valence-corrected chi connectivity index (χ2v) is 5.93. The first kappa shape index (κ1) is 16.6. The molecule has 1 aliphatic rings. The average molecular weight is 357 g/mol. The Labute approximate surface area is 140 Å². The van der Waals surface area contributed by atoms with Crippen LogP contribution in [0.25, 0.3) is 11.1 Å². The van der Waals surface area contributed by atoms with Crippen LogP contribution in [0.1, 0.15) is 28.8 Å². The zero-order valence-corrected chi connectivity index (χ0v) is 13.0. The van der Waals surface area contributed by atoms with Gasteiger partial charge in [0.2, 0.25) is 0 Å². The molecule has 1 N–H and O–H groups in total. The monoisotopic (exact) mass is 356 g/mol. The molecule has 0 amide bonds. The molecule has 1 aliphatic carbocycles. The third-order valence-corrected chi connectivity index (χ3v) is 3.93. The standard InChI is InChI=1S/C17H12ClF3O3/c18-14-7-9(1-6-15(14)24-11-3-4-11)13-8-10(17(19,20)21)2-5-12(13)16(22)23/h1-2,5-8,11H,3-4H2,(H,22,23). The van der Waals surface area contributed by atoms with E-state index in [4.69, 9.17) is 16.3 Å². The molecule has 0 aliphatic heterocycles. The highest BCUT2D eigenvalue weighted by Crippen LogP contribution is 2.38. The SMILES string of the molecule is O=C(O)c1ccc(C(F)(F)F)cc1-c1ccc(OC2CC2)c(Cl)c1. The van der Waals surface area contributed by atoms with Crippen LogP contribution in [0.4, 0.5) is 13.2 Å². The number of carboxylic acid groups (broad SMARTS) is 1. The van der Waals surface area contributed by atoms with Gasteiger partial charge < -0.3 is 9.84 Å². The molecule has 0 atom stereocenters. The molecular weight excluding hydrogens is 345 g/mol.